The molecule has 2 aromatic heterocycles. The van der Waals surface area contributed by atoms with Gasteiger partial charge in [0.25, 0.3) is 5.91 Å². The van der Waals surface area contributed by atoms with Crippen molar-refractivity contribution in [3.05, 3.63) is 58.4 Å². The predicted octanol–water partition coefficient (Wildman–Crippen LogP) is 4.30. The van der Waals surface area contributed by atoms with Gasteiger partial charge >= 0.3 is 5.97 Å². The summed E-state index contributed by atoms with van der Waals surface area (Å²) in [4.78, 5) is 31.7. The quantitative estimate of drug-likeness (QED) is 0.521. The van der Waals surface area contributed by atoms with Crippen LogP contribution in [0.25, 0.3) is 5.69 Å². The Morgan fingerprint density at radius 1 is 1.21 bits per heavy atom. The van der Waals surface area contributed by atoms with Gasteiger partial charge in [-0.1, -0.05) is 6.92 Å². The Bertz CT molecular complexity index is 1110. The van der Waals surface area contributed by atoms with Gasteiger partial charge in [0.05, 0.1) is 29.9 Å². The highest BCUT2D eigenvalue weighted by Gasteiger charge is 2.18. The van der Waals surface area contributed by atoms with E-state index in [4.69, 9.17) is 4.74 Å². The Morgan fingerprint density at radius 3 is 2.64 bits per heavy atom. The lowest BCUT2D eigenvalue weighted by Crippen LogP contribution is -2.32. The second-order valence-corrected chi connectivity index (χ2v) is 9.24. The zero-order valence-electron chi connectivity index (χ0n) is 19.2. The van der Waals surface area contributed by atoms with E-state index >= 15 is 0 Å². The van der Waals surface area contributed by atoms with Crippen LogP contribution in [0.3, 0.4) is 0 Å². The molecule has 0 saturated carbocycles. The van der Waals surface area contributed by atoms with Crippen LogP contribution >= 0.6 is 11.3 Å². The number of hydrogen-bond acceptors (Lipinski definition) is 7. The number of aromatic nitrogens is 3. The van der Waals surface area contributed by atoms with Crippen molar-refractivity contribution >= 4 is 28.3 Å². The van der Waals surface area contributed by atoms with Gasteiger partial charge in [-0.3, -0.25) is 15.0 Å². The van der Waals surface area contributed by atoms with Gasteiger partial charge < -0.3 is 4.74 Å². The van der Waals surface area contributed by atoms with E-state index in [-0.39, 0.29) is 5.91 Å². The van der Waals surface area contributed by atoms with Crippen molar-refractivity contribution < 1.29 is 14.3 Å². The topological polar surface area (TPSA) is 89.3 Å². The largest absolute Gasteiger partial charge is 0.462 e. The fourth-order valence-corrected chi connectivity index (χ4v) is 4.59. The third-order valence-corrected chi connectivity index (χ3v) is 6.72. The normalized spacial score (nSPS) is 14.9. The molecule has 4 rings (SSSR count). The number of esters is 1. The zero-order chi connectivity index (χ0) is 23.4. The molecule has 0 aliphatic carbocycles. The van der Waals surface area contributed by atoms with Crippen LogP contribution in [0.1, 0.15) is 58.8 Å². The number of anilines is 1. The third-order valence-electron chi connectivity index (χ3n) is 5.91. The number of rotatable bonds is 7. The fourth-order valence-electron chi connectivity index (χ4n) is 3.89. The van der Waals surface area contributed by atoms with Crippen molar-refractivity contribution in [2.45, 2.75) is 40.2 Å². The lowest BCUT2D eigenvalue weighted by Gasteiger charge is -2.29. The van der Waals surface area contributed by atoms with Crippen LogP contribution in [0.15, 0.2) is 35.8 Å². The molecule has 1 N–H and O–H groups in total. The van der Waals surface area contributed by atoms with Crippen molar-refractivity contribution in [1.82, 2.24) is 19.7 Å². The molecule has 1 saturated heterocycles. The molecule has 1 aliphatic heterocycles. The van der Waals surface area contributed by atoms with Crippen LogP contribution in [0.2, 0.25) is 0 Å². The number of carbonyl (C=O) groups excluding carboxylic acids is 2. The highest BCUT2D eigenvalue weighted by atomic mass is 32.1. The molecule has 1 aliphatic rings. The summed E-state index contributed by atoms with van der Waals surface area (Å²) < 4.78 is 6.72. The minimum absolute atomic E-state index is 0.210. The van der Waals surface area contributed by atoms with Crippen LogP contribution in [-0.2, 0) is 11.3 Å². The molecule has 0 spiro atoms. The summed E-state index contributed by atoms with van der Waals surface area (Å²) in [5.41, 5.74) is 3.39. The summed E-state index contributed by atoms with van der Waals surface area (Å²) in [5.74, 6) is 0.198. The number of benzene rings is 1. The van der Waals surface area contributed by atoms with Gasteiger partial charge in [-0.2, -0.15) is 5.10 Å². The molecule has 8 nitrogen and oxygen atoms in total. The number of piperidine rings is 1. The van der Waals surface area contributed by atoms with Crippen molar-refractivity contribution in [1.29, 1.82) is 0 Å². The van der Waals surface area contributed by atoms with Crippen molar-refractivity contribution in [2.24, 2.45) is 5.92 Å². The average Bonchev–Trinajstić information content (AvgIpc) is 3.41. The Kier molecular flexibility index (Phi) is 7.20. The molecular formula is C24H29N5O3S. The first-order chi connectivity index (χ1) is 15.9. The summed E-state index contributed by atoms with van der Waals surface area (Å²) in [5, 5.41) is 9.80. The summed E-state index contributed by atoms with van der Waals surface area (Å²) in [6, 6.07) is 7.07. The maximum absolute atomic E-state index is 12.7. The summed E-state index contributed by atoms with van der Waals surface area (Å²) in [6.45, 7) is 9.22. The number of amides is 1. The second kappa shape index (κ2) is 10.3. The van der Waals surface area contributed by atoms with Gasteiger partial charge in [-0.05, 0) is 70.0 Å². The standard InChI is InChI=1S/C24H29N5O3S/c1-4-32-23(31)21-13-25-29(17(21)3)20-7-5-18(6-8-20)22(30)27-24-26-19(15-33-24)14-28-11-9-16(2)10-12-28/h5-8,13,15-16H,4,9-12,14H2,1-3H3,(H,26,27,30). The number of ether oxygens (including phenoxy) is 1. The van der Waals surface area contributed by atoms with E-state index in [0.29, 0.717) is 28.6 Å². The molecule has 174 valence electrons. The minimum Gasteiger partial charge on any atom is -0.462 e. The molecule has 3 aromatic rings. The molecule has 1 aromatic carbocycles. The molecule has 3 heterocycles. The van der Waals surface area contributed by atoms with E-state index in [1.807, 2.05) is 12.3 Å². The van der Waals surface area contributed by atoms with E-state index in [2.05, 4.69) is 27.2 Å². The van der Waals surface area contributed by atoms with Gasteiger partial charge in [-0.25, -0.2) is 14.5 Å². The first-order valence-corrected chi connectivity index (χ1v) is 12.1. The highest BCUT2D eigenvalue weighted by molar-refractivity contribution is 7.14. The van der Waals surface area contributed by atoms with Gasteiger partial charge in [0.2, 0.25) is 0 Å². The summed E-state index contributed by atoms with van der Waals surface area (Å²) in [6.07, 6.45) is 3.95. The van der Waals surface area contributed by atoms with Crippen LogP contribution < -0.4 is 5.32 Å². The second-order valence-electron chi connectivity index (χ2n) is 8.38. The number of likely N-dealkylation sites (tertiary alicyclic amines) is 1. The Labute approximate surface area is 197 Å². The van der Waals surface area contributed by atoms with Crippen molar-refractivity contribution in [3.63, 3.8) is 0 Å². The molecule has 0 unspecified atom stereocenters. The van der Waals surface area contributed by atoms with Crippen molar-refractivity contribution in [2.75, 3.05) is 25.0 Å². The van der Waals surface area contributed by atoms with Gasteiger partial charge in [0, 0.05) is 17.5 Å². The lowest BCUT2D eigenvalue weighted by atomic mass is 9.99. The smallest absolute Gasteiger partial charge is 0.341 e. The van der Waals surface area contributed by atoms with Gasteiger partial charge in [0.15, 0.2) is 5.13 Å². The molecule has 1 amide bonds. The molecule has 0 bridgehead atoms. The molecule has 9 heteroatoms. The van der Waals surface area contributed by atoms with Crippen molar-refractivity contribution in [3.8, 4) is 5.69 Å². The molecule has 33 heavy (non-hydrogen) atoms. The van der Waals surface area contributed by atoms with E-state index in [1.54, 1.807) is 35.9 Å². The monoisotopic (exact) mass is 467 g/mol. The first-order valence-electron chi connectivity index (χ1n) is 11.2. The Morgan fingerprint density at radius 2 is 1.94 bits per heavy atom. The van der Waals surface area contributed by atoms with E-state index in [0.717, 1.165) is 36.9 Å². The van der Waals surface area contributed by atoms with Crippen LogP contribution in [0, 0.1) is 12.8 Å². The summed E-state index contributed by atoms with van der Waals surface area (Å²) in [7, 11) is 0. The zero-order valence-corrected chi connectivity index (χ0v) is 20.0. The number of carbonyl (C=O) groups is 2. The van der Waals surface area contributed by atoms with Gasteiger partial charge in [0.1, 0.15) is 5.56 Å². The molecule has 0 radical (unpaired) electrons. The Balaban J connectivity index is 1.37. The maximum Gasteiger partial charge on any atom is 0.341 e. The van der Waals surface area contributed by atoms with E-state index in [1.165, 1.54) is 30.4 Å². The number of hydrogen-bond donors (Lipinski definition) is 1. The Hall–Kier alpha value is -3.04. The lowest BCUT2D eigenvalue weighted by molar-refractivity contribution is 0.0525. The van der Waals surface area contributed by atoms with E-state index in [9.17, 15) is 9.59 Å². The number of thiazole rings is 1. The van der Waals surface area contributed by atoms with Gasteiger partial charge in [-0.15, -0.1) is 11.3 Å². The predicted molar refractivity (Wildman–Crippen MR) is 128 cm³/mol. The molecule has 0 atom stereocenters. The number of nitrogens with zero attached hydrogens (tertiary/aromatic N) is 4. The average molecular weight is 468 g/mol. The SMILES string of the molecule is CCOC(=O)c1cnn(-c2ccc(C(=O)Nc3nc(CN4CCC(C)CC4)cs3)cc2)c1C. The van der Waals surface area contributed by atoms with Crippen LogP contribution in [0.5, 0.6) is 0 Å². The van der Waals surface area contributed by atoms with Crippen LogP contribution in [-0.4, -0.2) is 51.2 Å². The number of nitrogens with one attached hydrogen (secondary N) is 1. The fraction of sp³-hybridized carbons (Fsp3) is 0.417. The highest BCUT2D eigenvalue weighted by Crippen LogP contribution is 2.22. The van der Waals surface area contributed by atoms with E-state index < -0.39 is 5.97 Å². The third kappa shape index (κ3) is 5.48. The minimum atomic E-state index is -0.394. The molecular weight excluding hydrogens is 438 g/mol. The van der Waals surface area contributed by atoms with Crippen LogP contribution in [0.4, 0.5) is 5.13 Å². The first kappa shape index (κ1) is 23.1. The summed E-state index contributed by atoms with van der Waals surface area (Å²) >= 11 is 1.45. The molecule has 1 fully saturated rings. The maximum atomic E-state index is 12.7.